The highest BCUT2D eigenvalue weighted by Gasteiger charge is 2.46. The molecule has 2 amide bonds. The van der Waals surface area contributed by atoms with Gasteiger partial charge in [-0.3, -0.25) is 19.3 Å². The Morgan fingerprint density at radius 1 is 0.962 bits per heavy atom. The maximum atomic E-state index is 12.8. The van der Waals surface area contributed by atoms with Gasteiger partial charge in [-0.1, -0.05) is 54.6 Å². The van der Waals surface area contributed by atoms with E-state index in [-0.39, 0.29) is 6.61 Å². The van der Waals surface area contributed by atoms with Crippen molar-refractivity contribution in [2.24, 2.45) is 5.92 Å². The molecule has 0 bridgehead atoms. The fourth-order valence-corrected chi connectivity index (χ4v) is 3.63. The third kappa shape index (κ3) is 2.81. The molecule has 4 rings (SSSR count). The summed E-state index contributed by atoms with van der Waals surface area (Å²) in [5.41, 5.74) is 2.69. The van der Waals surface area contributed by atoms with Crippen LogP contribution in [0.4, 0.5) is 0 Å². The third-order valence-corrected chi connectivity index (χ3v) is 4.84. The lowest BCUT2D eigenvalue weighted by Gasteiger charge is -2.27. The van der Waals surface area contributed by atoms with E-state index in [1.165, 1.54) is 17.1 Å². The SMILES string of the molecule is O=C(OCc1ccccc1)[C@H]1Cc2ccccc2[C@H]1N1C(=O)C=CC1=O. The topological polar surface area (TPSA) is 63.7 Å². The van der Waals surface area contributed by atoms with E-state index in [2.05, 4.69) is 0 Å². The van der Waals surface area contributed by atoms with Gasteiger partial charge in [0.1, 0.15) is 6.61 Å². The zero-order chi connectivity index (χ0) is 18.1. The van der Waals surface area contributed by atoms with Crippen LogP contribution in [0.3, 0.4) is 0 Å². The summed E-state index contributed by atoms with van der Waals surface area (Å²) >= 11 is 0. The minimum atomic E-state index is -0.621. The lowest BCUT2D eigenvalue weighted by molar-refractivity contribution is -0.154. The molecule has 0 N–H and O–H groups in total. The number of imide groups is 1. The fraction of sp³-hybridized carbons (Fsp3) is 0.190. The van der Waals surface area contributed by atoms with E-state index in [4.69, 9.17) is 4.74 Å². The highest BCUT2D eigenvalue weighted by molar-refractivity contribution is 6.13. The molecule has 0 saturated heterocycles. The monoisotopic (exact) mass is 347 g/mol. The molecule has 5 heteroatoms. The summed E-state index contributed by atoms with van der Waals surface area (Å²) in [5.74, 6) is -1.78. The Morgan fingerprint density at radius 3 is 2.35 bits per heavy atom. The molecule has 2 atom stereocenters. The zero-order valence-corrected chi connectivity index (χ0v) is 14.0. The first-order valence-corrected chi connectivity index (χ1v) is 8.49. The van der Waals surface area contributed by atoms with Crippen molar-refractivity contribution in [3.8, 4) is 0 Å². The average molecular weight is 347 g/mol. The number of nitrogens with zero attached hydrogens (tertiary/aromatic N) is 1. The van der Waals surface area contributed by atoms with E-state index in [0.717, 1.165) is 16.7 Å². The quantitative estimate of drug-likeness (QED) is 0.630. The van der Waals surface area contributed by atoms with Gasteiger partial charge < -0.3 is 4.74 Å². The number of carbonyl (C=O) groups is 3. The zero-order valence-electron chi connectivity index (χ0n) is 14.0. The number of hydrogen-bond acceptors (Lipinski definition) is 4. The lowest BCUT2D eigenvalue weighted by Crippen LogP contribution is -2.39. The molecule has 1 heterocycles. The Bertz CT molecular complexity index is 885. The third-order valence-electron chi connectivity index (χ3n) is 4.84. The minimum Gasteiger partial charge on any atom is -0.461 e. The number of esters is 1. The Kier molecular flexibility index (Phi) is 4.13. The van der Waals surface area contributed by atoms with Gasteiger partial charge in [-0.2, -0.15) is 0 Å². The molecule has 26 heavy (non-hydrogen) atoms. The van der Waals surface area contributed by atoms with E-state index in [1.54, 1.807) is 0 Å². The number of benzene rings is 2. The van der Waals surface area contributed by atoms with Crippen LogP contribution in [-0.4, -0.2) is 22.7 Å². The van der Waals surface area contributed by atoms with Crippen molar-refractivity contribution in [3.05, 3.63) is 83.4 Å². The van der Waals surface area contributed by atoms with Crippen molar-refractivity contribution < 1.29 is 19.1 Å². The molecule has 130 valence electrons. The van der Waals surface area contributed by atoms with Gasteiger partial charge in [-0.15, -0.1) is 0 Å². The summed E-state index contributed by atoms with van der Waals surface area (Å²) in [5, 5.41) is 0. The molecule has 0 saturated carbocycles. The number of hydrogen-bond donors (Lipinski definition) is 0. The van der Waals surface area contributed by atoms with Gasteiger partial charge in [0.25, 0.3) is 11.8 Å². The van der Waals surface area contributed by atoms with Gasteiger partial charge >= 0.3 is 5.97 Å². The summed E-state index contributed by atoms with van der Waals surface area (Å²) in [6.07, 6.45) is 2.94. The molecule has 2 aliphatic rings. The van der Waals surface area contributed by atoms with E-state index < -0.39 is 29.7 Å². The second-order valence-electron chi connectivity index (χ2n) is 6.43. The van der Waals surface area contributed by atoms with Crippen LogP contribution in [0.15, 0.2) is 66.7 Å². The number of fused-ring (bicyclic) bond motifs is 1. The predicted molar refractivity (Wildman–Crippen MR) is 93.6 cm³/mol. The van der Waals surface area contributed by atoms with Crippen LogP contribution >= 0.6 is 0 Å². The molecule has 0 aromatic heterocycles. The Labute approximate surface area is 150 Å². The van der Waals surface area contributed by atoms with Crippen LogP contribution in [0.1, 0.15) is 22.7 Å². The predicted octanol–water partition coefficient (Wildman–Crippen LogP) is 2.57. The number of ether oxygens (including phenoxy) is 1. The lowest BCUT2D eigenvalue weighted by atomic mass is 9.99. The van der Waals surface area contributed by atoms with Gasteiger partial charge in [0.05, 0.1) is 12.0 Å². The van der Waals surface area contributed by atoms with E-state index in [1.807, 2.05) is 54.6 Å². The minimum absolute atomic E-state index is 0.166. The Hall–Kier alpha value is -3.21. The molecule has 0 radical (unpaired) electrons. The van der Waals surface area contributed by atoms with E-state index in [9.17, 15) is 14.4 Å². The van der Waals surface area contributed by atoms with Crippen LogP contribution < -0.4 is 0 Å². The first kappa shape index (κ1) is 16.3. The second-order valence-corrected chi connectivity index (χ2v) is 6.43. The highest BCUT2D eigenvalue weighted by atomic mass is 16.5. The van der Waals surface area contributed by atoms with Crippen LogP contribution in [0.5, 0.6) is 0 Å². The molecule has 5 nitrogen and oxygen atoms in total. The molecule has 1 aliphatic carbocycles. The maximum absolute atomic E-state index is 12.8. The molecular formula is C21H17NO4. The Morgan fingerprint density at radius 2 is 1.62 bits per heavy atom. The van der Waals surface area contributed by atoms with Gasteiger partial charge in [0.2, 0.25) is 0 Å². The van der Waals surface area contributed by atoms with Crippen molar-refractivity contribution in [2.45, 2.75) is 19.1 Å². The van der Waals surface area contributed by atoms with Crippen LogP contribution in [-0.2, 0) is 32.1 Å². The normalized spacial score (nSPS) is 21.2. The van der Waals surface area contributed by atoms with Gasteiger partial charge in [-0.25, -0.2) is 0 Å². The fourth-order valence-electron chi connectivity index (χ4n) is 3.63. The van der Waals surface area contributed by atoms with E-state index >= 15 is 0 Å². The van der Waals surface area contributed by atoms with Gasteiger partial charge in [0.15, 0.2) is 0 Å². The molecule has 2 aromatic rings. The summed E-state index contributed by atoms with van der Waals surface area (Å²) in [6, 6.07) is 16.3. The smallest absolute Gasteiger partial charge is 0.312 e. The summed E-state index contributed by atoms with van der Waals surface area (Å²) in [6.45, 7) is 0.166. The van der Waals surface area contributed by atoms with Crippen LogP contribution in [0, 0.1) is 5.92 Å². The molecular weight excluding hydrogens is 330 g/mol. The molecule has 0 fully saturated rings. The molecule has 1 aliphatic heterocycles. The molecule has 2 aromatic carbocycles. The Balaban J connectivity index is 1.59. The summed E-state index contributed by atoms with van der Waals surface area (Å²) < 4.78 is 5.49. The van der Waals surface area contributed by atoms with Crippen LogP contribution in [0.2, 0.25) is 0 Å². The van der Waals surface area contributed by atoms with Crippen molar-refractivity contribution in [1.82, 2.24) is 4.90 Å². The number of carbonyl (C=O) groups excluding carboxylic acids is 3. The highest BCUT2D eigenvalue weighted by Crippen LogP contribution is 2.42. The van der Waals surface area contributed by atoms with Crippen LogP contribution in [0.25, 0.3) is 0 Å². The van der Waals surface area contributed by atoms with Crippen molar-refractivity contribution in [1.29, 1.82) is 0 Å². The second kappa shape index (κ2) is 6.59. The van der Waals surface area contributed by atoms with Crippen molar-refractivity contribution >= 4 is 17.8 Å². The standard InChI is InChI=1S/C21H17NO4/c23-18-10-11-19(24)22(18)20-16-9-5-4-8-15(16)12-17(20)21(25)26-13-14-6-2-1-3-7-14/h1-11,17,20H,12-13H2/t17-,20+/m0/s1. The van der Waals surface area contributed by atoms with E-state index in [0.29, 0.717) is 6.42 Å². The summed E-state index contributed by atoms with van der Waals surface area (Å²) in [7, 11) is 0. The van der Waals surface area contributed by atoms with Gasteiger partial charge in [0, 0.05) is 12.2 Å². The molecule has 0 spiro atoms. The first-order valence-electron chi connectivity index (χ1n) is 8.49. The molecule has 0 unspecified atom stereocenters. The number of rotatable bonds is 4. The maximum Gasteiger partial charge on any atom is 0.312 e. The largest absolute Gasteiger partial charge is 0.461 e. The van der Waals surface area contributed by atoms with Crippen molar-refractivity contribution in [3.63, 3.8) is 0 Å². The first-order chi connectivity index (χ1) is 12.6. The average Bonchev–Trinajstić information content (AvgIpc) is 3.20. The number of amides is 2. The van der Waals surface area contributed by atoms with Gasteiger partial charge in [-0.05, 0) is 23.1 Å². The van der Waals surface area contributed by atoms with Crippen molar-refractivity contribution in [2.75, 3.05) is 0 Å². The summed E-state index contributed by atoms with van der Waals surface area (Å²) in [4.78, 5) is 38.3.